The van der Waals surface area contributed by atoms with Gasteiger partial charge in [0.1, 0.15) is 0 Å². The molecule has 0 aromatic carbocycles. The molecule has 3 unspecified atom stereocenters. The highest BCUT2D eigenvalue weighted by atomic mass is 16.4. The number of aliphatic hydroxyl groups excluding tert-OH is 1. The molecule has 0 aromatic heterocycles. The number of carboxylic acid groups (broad SMARTS) is 1. The zero-order valence-electron chi connectivity index (χ0n) is 10.9. The molecule has 1 amide bonds. The van der Waals surface area contributed by atoms with Gasteiger partial charge in [0, 0.05) is 19.7 Å². The van der Waals surface area contributed by atoms with Gasteiger partial charge in [-0.25, -0.2) is 0 Å². The van der Waals surface area contributed by atoms with Crippen molar-refractivity contribution in [3.05, 3.63) is 0 Å². The number of carboxylic acids is 1. The maximum absolute atomic E-state index is 12.3. The highest BCUT2D eigenvalue weighted by Crippen LogP contribution is 2.59. The van der Waals surface area contributed by atoms with Crippen molar-refractivity contribution in [1.29, 1.82) is 0 Å². The Morgan fingerprint density at radius 3 is 2.50 bits per heavy atom. The topological polar surface area (TPSA) is 77.8 Å². The Labute approximate surface area is 107 Å². The molecule has 102 valence electrons. The van der Waals surface area contributed by atoms with E-state index in [0.717, 1.165) is 12.8 Å². The average molecular weight is 255 g/mol. The van der Waals surface area contributed by atoms with Gasteiger partial charge in [-0.2, -0.15) is 0 Å². The van der Waals surface area contributed by atoms with E-state index in [1.54, 1.807) is 4.90 Å². The Morgan fingerprint density at radius 2 is 2.00 bits per heavy atom. The Hall–Kier alpha value is -1.10. The van der Waals surface area contributed by atoms with Crippen molar-refractivity contribution >= 4 is 11.9 Å². The molecule has 1 saturated heterocycles. The van der Waals surface area contributed by atoms with Crippen LogP contribution in [0, 0.1) is 23.2 Å². The summed E-state index contributed by atoms with van der Waals surface area (Å²) < 4.78 is 0. The highest BCUT2D eigenvalue weighted by molar-refractivity contribution is 5.91. The standard InChI is InChI=1S/C13H21NO4/c1-13(2)9(10(13)12(17)18)11(16)14-5-3-4-8(6-14)7-15/h8-10,15H,3-7H2,1-2H3,(H,17,18). The number of rotatable bonds is 3. The molecule has 2 rings (SSSR count). The Morgan fingerprint density at radius 1 is 1.33 bits per heavy atom. The average Bonchev–Trinajstić information content (AvgIpc) is 2.91. The molecular weight excluding hydrogens is 234 g/mol. The van der Waals surface area contributed by atoms with Crippen molar-refractivity contribution in [2.75, 3.05) is 19.7 Å². The molecule has 0 aromatic rings. The molecule has 5 heteroatoms. The van der Waals surface area contributed by atoms with E-state index < -0.39 is 23.2 Å². The molecule has 1 saturated carbocycles. The molecule has 18 heavy (non-hydrogen) atoms. The number of carbonyl (C=O) groups excluding carboxylic acids is 1. The second kappa shape index (κ2) is 4.53. The summed E-state index contributed by atoms with van der Waals surface area (Å²) in [6.07, 6.45) is 1.83. The van der Waals surface area contributed by atoms with Crippen LogP contribution in [0.4, 0.5) is 0 Å². The van der Waals surface area contributed by atoms with E-state index in [1.165, 1.54) is 0 Å². The van der Waals surface area contributed by atoms with Crippen molar-refractivity contribution in [3.63, 3.8) is 0 Å². The molecule has 3 atom stereocenters. The first-order chi connectivity index (χ1) is 8.39. The number of likely N-dealkylation sites (tertiary alicyclic amines) is 1. The van der Waals surface area contributed by atoms with Crippen molar-refractivity contribution < 1.29 is 19.8 Å². The van der Waals surface area contributed by atoms with Crippen LogP contribution in [0.1, 0.15) is 26.7 Å². The summed E-state index contributed by atoms with van der Waals surface area (Å²) in [5, 5.41) is 18.2. The van der Waals surface area contributed by atoms with Gasteiger partial charge in [0.25, 0.3) is 0 Å². The maximum atomic E-state index is 12.3. The van der Waals surface area contributed by atoms with Gasteiger partial charge >= 0.3 is 5.97 Å². The predicted octanol–water partition coefficient (Wildman–Crippen LogP) is 0.574. The van der Waals surface area contributed by atoms with Crippen LogP contribution < -0.4 is 0 Å². The number of amides is 1. The largest absolute Gasteiger partial charge is 0.481 e. The first kappa shape index (κ1) is 13.3. The van der Waals surface area contributed by atoms with E-state index in [1.807, 2.05) is 13.8 Å². The van der Waals surface area contributed by atoms with Gasteiger partial charge in [-0.15, -0.1) is 0 Å². The van der Waals surface area contributed by atoms with Gasteiger partial charge in [-0.05, 0) is 24.2 Å². The quantitative estimate of drug-likeness (QED) is 0.773. The Kier molecular flexibility index (Phi) is 3.36. The van der Waals surface area contributed by atoms with Crippen LogP contribution in [0.2, 0.25) is 0 Å². The molecule has 2 N–H and O–H groups in total. The van der Waals surface area contributed by atoms with Gasteiger partial charge in [-0.1, -0.05) is 13.8 Å². The number of aliphatic hydroxyl groups is 1. The Balaban J connectivity index is 2.02. The molecule has 1 heterocycles. The van der Waals surface area contributed by atoms with E-state index in [0.29, 0.717) is 13.1 Å². The van der Waals surface area contributed by atoms with Gasteiger partial charge in [0.05, 0.1) is 11.8 Å². The zero-order valence-corrected chi connectivity index (χ0v) is 10.9. The monoisotopic (exact) mass is 255 g/mol. The zero-order chi connectivity index (χ0) is 13.5. The van der Waals surface area contributed by atoms with Crippen LogP contribution >= 0.6 is 0 Å². The second-order valence-electron chi connectivity index (χ2n) is 6.09. The lowest BCUT2D eigenvalue weighted by Gasteiger charge is -2.32. The summed E-state index contributed by atoms with van der Waals surface area (Å²) in [4.78, 5) is 25.2. The summed E-state index contributed by atoms with van der Waals surface area (Å²) >= 11 is 0. The summed E-state index contributed by atoms with van der Waals surface area (Å²) in [6, 6.07) is 0. The molecule has 2 fully saturated rings. The summed E-state index contributed by atoms with van der Waals surface area (Å²) in [7, 11) is 0. The lowest BCUT2D eigenvalue weighted by molar-refractivity contribution is -0.142. The number of piperidine rings is 1. The van der Waals surface area contributed by atoms with Crippen molar-refractivity contribution in [1.82, 2.24) is 4.90 Å². The fraction of sp³-hybridized carbons (Fsp3) is 0.846. The lowest BCUT2D eigenvalue weighted by Crippen LogP contribution is -2.42. The number of aliphatic carboxylic acids is 1. The number of hydrogen-bond donors (Lipinski definition) is 2. The van der Waals surface area contributed by atoms with Gasteiger partial charge in [-0.3, -0.25) is 9.59 Å². The molecule has 0 radical (unpaired) electrons. The van der Waals surface area contributed by atoms with Crippen molar-refractivity contribution in [2.24, 2.45) is 23.2 Å². The van der Waals surface area contributed by atoms with Crippen LogP contribution in [0.25, 0.3) is 0 Å². The third-order valence-electron chi connectivity index (χ3n) is 4.45. The van der Waals surface area contributed by atoms with E-state index in [4.69, 9.17) is 10.2 Å². The van der Waals surface area contributed by atoms with E-state index in [9.17, 15) is 9.59 Å². The van der Waals surface area contributed by atoms with E-state index in [-0.39, 0.29) is 18.4 Å². The predicted molar refractivity (Wildman–Crippen MR) is 64.8 cm³/mol. The van der Waals surface area contributed by atoms with Crippen LogP contribution in [0.3, 0.4) is 0 Å². The molecule has 1 aliphatic carbocycles. The SMILES string of the molecule is CC1(C)C(C(=O)O)C1C(=O)N1CCCC(CO)C1. The Bertz CT molecular complexity index is 366. The third-order valence-corrected chi connectivity index (χ3v) is 4.45. The molecule has 2 aliphatic rings. The molecule has 0 spiro atoms. The van der Waals surface area contributed by atoms with Crippen LogP contribution in [0.5, 0.6) is 0 Å². The van der Waals surface area contributed by atoms with Crippen molar-refractivity contribution in [3.8, 4) is 0 Å². The summed E-state index contributed by atoms with van der Waals surface area (Å²) in [6.45, 7) is 5.02. The van der Waals surface area contributed by atoms with Gasteiger partial charge < -0.3 is 15.1 Å². The molecular formula is C13H21NO4. The fourth-order valence-corrected chi connectivity index (χ4v) is 3.17. The van der Waals surface area contributed by atoms with E-state index in [2.05, 4.69) is 0 Å². The minimum absolute atomic E-state index is 0.0504. The van der Waals surface area contributed by atoms with Crippen molar-refractivity contribution in [2.45, 2.75) is 26.7 Å². The molecule has 5 nitrogen and oxygen atoms in total. The fourth-order valence-electron chi connectivity index (χ4n) is 3.17. The summed E-state index contributed by atoms with van der Waals surface area (Å²) in [5.41, 5.74) is -0.435. The third kappa shape index (κ3) is 2.11. The van der Waals surface area contributed by atoms with Crippen LogP contribution in [-0.2, 0) is 9.59 Å². The number of nitrogens with zero attached hydrogens (tertiary/aromatic N) is 1. The molecule has 0 bridgehead atoms. The summed E-state index contributed by atoms with van der Waals surface area (Å²) in [5.74, 6) is -1.74. The van der Waals surface area contributed by atoms with Crippen LogP contribution in [-0.4, -0.2) is 46.7 Å². The second-order valence-corrected chi connectivity index (χ2v) is 6.09. The molecule has 1 aliphatic heterocycles. The highest BCUT2D eigenvalue weighted by Gasteiger charge is 2.66. The smallest absolute Gasteiger partial charge is 0.307 e. The van der Waals surface area contributed by atoms with E-state index >= 15 is 0 Å². The number of hydrogen-bond acceptors (Lipinski definition) is 3. The minimum Gasteiger partial charge on any atom is -0.481 e. The first-order valence-electron chi connectivity index (χ1n) is 6.52. The maximum Gasteiger partial charge on any atom is 0.307 e. The number of carbonyl (C=O) groups is 2. The van der Waals surface area contributed by atoms with Gasteiger partial charge in [0.2, 0.25) is 5.91 Å². The first-order valence-corrected chi connectivity index (χ1v) is 6.52. The van der Waals surface area contributed by atoms with Gasteiger partial charge in [0.15, 0.2) is 0 Å². The van der Waals surface area contributed by atoms with Crippen LogP contribution in [0.15, 0.2) is 0 Å². The minimum atomic E-state index is -0.880. The lowest BCUT2D eigenvalue weighted by atomic mass is 9.98. The normalized spacial score (nSPS) is 34.2.